The highest BCUT2D eigenvalue weighted by Crippen LogP contribution is 2.44. The number of piperidine rings is 1. The van der Waals surface area contributed by atoms with Gasteiger partial charge in [0.15, 0.2) is 5.65 Å². The van der Waals surface area contributed by atoms with Crippen molar-refractivity contribution < 1.29 is 4.79 Å². The Morgan fingerprint density at radius 1 is 1.15 bits per heavy atom. The van der Waals surface area contributed by atoms with Gasteiger partial charge in [0.2, 0.25) is 0 Å². The monoisotopic (exact) mass is 364 g/mol. The van der Waals surface area contributed by atoms with Crippen molar-refractivity contribution in [1.82, 2.24) is 24.3 Å². The first kappa shape index (κ1) is 16.1. The second kappa shape index (κ2) is 5.71. The molecule has 0 radical (unpaired) electrons. The highest BCUT2D eigenvalue weighted by Gasteiger charge is 2.53. The molecule has 4 heterocycles. The number of aromatic nitrogens is 5. The van der Waals surface area contributed by atoms with E-state index in [-0.39, 0.29) is 11.6 Å². The molecule has 1 saturated heterocycles. The van der Waals surface area contributed by atoms with Gasteiger partial charge >= 0.3 is 0 Å². The van der Waals surface area contributed by atoms with E-state index in [0.29, 0.717) is 23.7 Å². The number of carbonyl (C=O) groups is 1. The van der Waals surface area contributed by atoms with Crippen molar-refractivity contribution in [2.24, 2.45) is 17.6 Å². The van der Waals surface area contributed by atoms with E-state index in [9.17, 15) is 4.79 Å². The lowest BCUT2D eigenvalue weighted by molar-refractivity contribution is 0.102. The minimum absolute atomic E-state index is 0.251. The fraction of sp³-hybridized carbons (Fsp3) is 0.389. The zero-order valence-electron chi connectivity index (χ0n) is 15.1. The van der Waals surface area contributed by atoms with E-state index in [2.05, 4.69) is 30.2 Å². The molecule has 3 aromatic heterocycles. The topological polar surface area (TPSA) is 114 Å². The summed E-state index contributed by atoms with van der Waals surface area (Å²) in [5.74, 6) is 2.04. The van der Waals surface area contributed by atoms with Gasteiger partial charge in [-0.2, -0.15) is 0 Å². The Morgan fingerprint density at radius 3 is 2.63 bits per heavy atom. The molecular formula is C18H20N8O. The smallest absolute Gasteiger partial charge is 0.277 e. The fourth-order valence-electron chi connectivity index (χ4n) is 3.88. The molecule has 1 amide bonds. The van der Waals surface area contributed by atoms with Gasteiger partial charge in [-0.05, 0) is 25.7 Å². The molecule has 2 fully saturated rings. The van der Waals surface area contributed by atoms with Crippen molar-refractivity contribution in [2.45, 2.75) is 19.9 Å². The molecule has 0 aromatic carbocycles. The molecule has 1 aliphatic heterocycles. The van der Waals surface area contributed by atoms with Crippen molar-refractivity contribution in [3.63, 3.8) is 0 Å². The van der Waals surface area contributed by atoms with Crippen LogP contribution in [0.2, 0.25) is 0 Å². The molecule has 3 atom stereocenters. The van der Waals surface area contributed by atoms with Crippen LogP contribution in [-0.4, -0.2) is 49.4 Å². The van der Waals surface area contributed by atoms with Gasteiger partial charge in [-0.3, -0.25) is 4.79 Å². The third-order valence-electron chi connectivity index (χ3n) is 5.42. The van der Waals surface area contributed by atoms with E-state index >= 15 is 0 Å². The van der Waals surface area contributed by atoms with Crippen molar-refractivity contribution in [3.8, 4) is 0 Å². The number of aryl methyl sites for hydroxylation is 2. The number of nitrogens with zero attached hydrogens (tertiary/aromatic N) is 6. The minimum Gasteiger partial charge on any atom is -0.355 e. The molecule has 3 N–H and O–H groups in total. The van der Waals surface area contributed by atoms with Gasteiger partial charge in [0.05, 0.1) is 30.0 Å². The van der Waals surface area contributed by atoms with E-state index in [0.717, 1.165) is 35.9 Å². The number of amides is 1. The SMILES string of the molecule is Cc1cn2cc(NC(=O)c3cnc(N4C[C@@H]5[C@H](N)[C@@H]5C4)cn3)nc(C)c2n1. The van der Waals surface area contributed by atoms with Gasteiger partial charge in [-0.25, -0.2) is 19.9 Å². The largest absolute Gasteiger partial charge is 0.355 e. The van der Waals surface area contributed by atoms with Crippen LogP contribution in [-0.2, 0) is 0 Å². The summed E-state index contributed by atoms with van der Waals surface area (Å²) in [5, 5.41) is 2.78. The molecule has 5 rings (SSSR count). The quantitative estimate of drug-likeness (QED) is 0.706. The Kier molecular flexibility index (Phi) is 3.41. The van der Waals surface area contributed by atoms with Gasteiger partial charge in [0.1, 0.15) is 17.3 Å². The highest BCUT2D eigenvalue weighted by atomic mass is 16.1. The van der Waals surface area contributed by atoms with Gasteiger partial charge in [0, 0.05) is 25.3 Å². The molecule has 2 aliphatic rings. The summed E-state index contributed by atoms with van der Waals surface area (Å²) in [4.78, 5) is 32.1. The van der Waals surface area contributed by atoms with Crippen LogP contribution in [0.4, 0.5) is 11.6 Å². The number of fused-ring (bicyclic) bond motifs is 2. The molecule has 1 saturated carbocycles. The molecule has 0 bridgehead atoms. The zero-order valence-corrected chi connectivity index (χ0v) is 15.1. The molecule has 9 heteroatoms. The van der Waals surface area contributed by atoms with E-state index in [1.807, 2.05) is 24.4 Å². The fourth-order valence-corrected chi connectivity index (χ4v) is 3.88. The van der Waals surface area contributed by atoms with Crippen LogP contribution in [0, 0.1) is 25.7 Å². The molecule has 9 nitrogen and oxygen atoms in total. The minimum atomic E-state index is -0.344. The lowest BCUT2D eigenvalue weighted by Crippen LogP contribution is -2.29. The number of hydrogen-bond acceptors (Lipinski definition) is 7. The first-order valence-electron chi connectivity index (χ1n) is 8.96. The first-order valence-corrected chi connectivity index (χ1v) is 8.96. The van der Waals surface area contributed by atoms with E-state index in [4.69, 9.17) is 5.73 Å². The second-order valence-electron chi connectivity index (χ2n) is 7.35. The second-order valence-corrected chi connectivity index (χ2v) is 7.35. The summed E-state index contributed by atoms with van der Waals surface area (Å²) < 4.78 is 1.85. The summed E-state index contributed by atoms with van der Waals surface area (Å²) in [6.07, 6.45) is 6.77. The number of nitrogens with one attached hydrogen (secondary N) is 1. The average molecular weight is 364 g/mol. The molecule has 1 aliphatic carbocycles. The molecule has 0 spiro atoms. The van der Waals surface area contributed by atoms with Gasteiger partial charge in [-0.1, -0.05) is 0 Å². The number of anilines is 2. The lowest BCUT2D eigenvalue weighted by atomic mass is 10.3. The van der Waals surface area contributed by atoms with Gasteiger partial charge in [0.25, 0.3) is 5.91 Å². The molecular weight excluding hydrogens is 344 g/mol. The lowest BCUT2D eigenvalue weighted by Gasteiger charge is -2.19. The van der Waals surface area contributed by atoms with Crippen molar-refractivity contribution >= 4 is 23.2 Å². The zero-order chi connectivity index (χ0) is 18.7. The summed E-state index contributed by atoms with van der Waals surface area (Å²) in [5.41, 5.74) is 8.63. The third-order valence-corrected chi connectivity index (χ3v) is 5.42. The Balaban J connectivity index is 1.31. The normalized spacial score (nSPS) is 23.5. The van der Waals surface area contributed by atoms with Crippen LogP contribution in [0.25, 0.3) is 5.65 Å². The van der Waals surface area contributed by atoms with E-state index in [1.54, 1.807) is 12.4 Å². The predicted molar refractivity (Wildman–Crippen MR) is 99.6 cm³/mol. The van der Waals surface area contributed by atoms with Crippen molar-refractivity contribution in [2.75, 3.05) is 23.3 Å². The summed E-state index contributed by atoms with van der Waals surface area (Å²) in [6, 6.07) is 0.340. The summed E-state index contributed by atoms with van der Waals surface area (Å²) >= 11 is 0. The Bertz CT molecular complexity index is 1030. The molecule has 0 unspecified atom stereocenters. The van der Waals surface area contributed by atoms with Crippen LogP contribution in [0.3, 0.4) is 0 Å². The van der Waals surface area contributed by atoms with Crippen LogP contribution in [0.15, 0.2) is 24.8 Å². The molecule has 27 heavy (non-hydrogen) atoms. The number of rotatable bonds is 3. The third kappa shape index (κ3) is 2.71. The average Bonchev–Trinajstić information content (AvgIpc) is 3.03. The maximum absolute atomic E-state index is 12.5. The van der Waals surface area contributed by atoms with Gasteiger partial charge < -0.3 is 20.4 Å². The first-order chi connectivity index (χ1) is 13.0. The molecule has 138 valence electrons. The van der Waals surface area contributed by atoms with Crippen molar-refractivity contribution in [1.29, 1.82) is 0 Å². The Morgan fingerprint density at radius 2 is 1.93 bits per heavy atom. The maximum Gasteiger partial charge on any atom is 0.277 e. The van der Waals surface area contributed by atoms with E-state index < -0.39 is 0 Å². The summed E-state index contributed by atoms with van der Waals surface area (Å²) in [6.45, 7) is 5.61. The van der Waals surface area contributed by atoms with Crippen LogP contribution in [0.5, 0.6) is 0 Å². The molecule has 3 aromatic rings. The van der Waals surface area contributed by atoms with Crippen LogP contribution in [0.1, 0.15) is 21.9 Å². The number of carbonyl (C=O) groups excluding carboxylic acids is 1. The van der Waals surface area contributed by atoms with E-state index in [1.165, 1.54) is 6.20 Å². The summed E-state index contributed by atoms with van der Waals surface area (Å²) in [7, 11) is 0. The van der Waals surface area contributed by atoms with Crippen molar-refractivity contribution in [3.05, 3.63) is 41.9 Å². The number of nitrogens with two attached hydrogens (primary N) is 1. The predicted octanol–water partition coefficient (Wildman–Crippen LogP) is 0.782. The number of hydrogen-bond donors (Lipinski definition) is 2. The van der Waals surface area contributed by atoms with Crippen LogP contribution < -0.4 is 16.0 Å². The maximum atomic E-state index is 12.5. The number of imidazole rings is 1. The van der Waals surface area contributed by atoms with Gasteiger partial charge in [-0.15, -0.1) is 0 Å². The van der Waals surface area contributed by atoms with Crippen LogP contribution >= 0.6 is 0 Å². The highest BCUT2D eigenvalue weighted by molar-refractivity contribution is 6.02. The Hall–Kier alpha value is -3.07. The standard InChI is InChI=1S/C18H20N8O/c1-9-5-26-8-14(23-10(2)17(26)22-9)24-18(27)13-3-21-15(4-20-13)25-6-11-12(7-25)16(11)19/h3-5,8,11-12,16H,6-7,19H2,1-2H3,(H,24,27)/t11-,12+,16-. The Labute approximate surface area is 155 Å².